The fourth-order valence-electron chi connectivity index (χ4n) is 2.26. The lowest BCUT2D eigenvalue weighted by Gasteiger charge is -2.19. The van der Waals surface area contributed by atoms with Gasteiger partial charge in [-0.1, -0.05) is 40.2 Å². The molecular formula is C14H13BrN2O2S. The molecule has 6 heteroatoms. The van der Waals surface area contributed by atoms with Gasteiger partial charge in [0.1, 0.15) is 0 Å². The van der Waals surface area contributed by atoms with Gasteiger partial charge in [0.25, 0.3) is 0 Å². The molecule has 1 heterocycles. The highest BCUT2D eigenvalue weighted by atomic mass is 79.9. The number of hydrogen-bond donors (Lipinski definition) is 0. The quantitative estimate of drug-likeness (QED) is 0.832. The van der Waals surface area contributed by atoms with E-state index in [1.807, 2.05) is 48.5 Å². The van der Waals surface area contributed by atoms with Crippen molar-refractivity contribution < 1.29 is 8.42 Å². The lowest BCUT2D eigenvalue weighted by atomic mass is 10.2. The zero-order chi connectivity index (χ0) is 14.3. The summed E-state index contributed by atoms with van der Waals surface area (Å²) >= 11 is 3.38. The molecule has 2 aromatic carbocycles. The molecule has 0 aromatic heterocycles. The normalized spacial score (nSPS) is 16.3. The molecule has 0 spiro atoms. The Morgan fingerprint density at radius 3 is 2.25 bits per heavy atom. The number of para-hydroxylation sites is 2. The van der Waals surface area contributed by atoms with E-state index in [1.165, 1.54) is 8.61 Å². The first-order chi connectivity index (χ1) is 9.50. The molecule has 4 nitrogen and oxygen atoms in total. The van der Waals surface area contributed by atoms with Crippen LogP contribution in [0.5, 0.6) is 0 Å². The summed E-state index contributed by atoms with van der Waals surface area (Å²) < 4.78 is 28.7. The van der Waals surface area contributed by atoms with Gasteiger partial charge in [-0.2, -0.15) is 8.42 Å². The molecule has 0 aliphatic carbocycles. The zero-order valence-electron chi connectivity index (χ0n) is 10.8. The smallest absolute Gasteiger partial charge is 0.254 e. The number of fused-ring (bicyclic) bond motifs is 1. The predicted molar refractivity (Wildman–Crippen MR) is 84.1 cm³/mol. The van der Waals surface area contributed by atoms with Crippen LogP contribution in [0.3, 0.4) is 0 Å². The van der Waals surface area contributed by atoms with Crippen molar-refractivity contribution in [1.29, 1.82) is 0 Å². The summed E-state index contributed by atoms with van der Waals surface area (Å²) in [7, 11) is -1.90. The number of rotatable bonds is 2. The second kappa shape index (κ2) is 4.79. The van der Waals surface area contributed by atoms with E-state index in [-0.39, 0.29) is 0 Å². The minimum absolute atomic E-state index is 0.330. The maximum atomic E-state index is 12.5. The fourth-order valence-corrected chi connectivity index (χ4v) is 3.94. The van der Waals surface area contributed by atoms with E-state index >= 15 is 0 Å². The van der Waals surface area contributed by atoms with Crippen LogP contribution in [0.15, 0.2) is 53.0 Å². The largest absolute Gasteiger partial charge is 0.326 e. The summed E-state index contributed by atoms with van der Waals surface area (Å²) in [6, 6.07) is 15.0. The Hall–Kier alpha value is -1.53. The fraction of sp³-hybridized carbons (Fsp3) is 0.143. The van der Waals surface area contributed by atoms with Crippen LogP contribution in [0.1, 0.15) is 5.56 Å². The molecule has 0 saturated carbocycles. The Morgan fingerprint density at radius 2 is 1.60 bits per heavy atom. The van der Waals surface area contributed by atoms with Crippen LogP contribution in [-0.4, -0.2) is 15.5 Å². The third-order valence-corrected chi connectivity index (χ3v) is 5.65. The number of nitrogens with zero attached hydrogens (tertiary/aromatic N) is 2. The molecule has 0 fully saturated rings. The van der Waals surface area contributed by atoms with E-state index in [9.17, 15) is 8.42 Å². The van der Waals surface area contributed by atoms with Gasteiger partial charge in [0, 0.05) is 11.5 Å². The van der Waals surface area contributed by atoms with Crippen LogP contribution in [0.4, 0.5) is 11.4 Å². The van der Waals surface area contributed by atoms with Gasteiger partial charge in [0.2, 0.25) is 0 Å². The minimum Gasteiger partial charge on any atom is -0.254 e. The van der Waals surface area contributed by atoms with E-state index in [2.05, 4.69) is 15.9 Å². The van der Waals surface area contributed by atoms with Crippen LogP contribution < -0.4 is 8.61 Å². The average Bonchev–Trinajstić information content (AvgIpc) is 2.63. The van der Waals surface area contributed by atoms with Crippen molar-refractivity contribution >= 4 is 37.5 Å². The summed E-state index contributed by atoms with van der Waals surface area (Å²) in [5, 5.41) is 0. The molecule has 0 saturated heterocycles. The van der Waals surface area contributed by atoms with Crippen LogP contribution in [0, 0.1) is 0 Å². The minimum atomic E-state index is -3.48. The third-order valence-electron chi connectivity index (χ3n) is 3.35. The van der Waals surface area contributed by atoms with Gasteiger partial charge in [-0.3, -0.25) is 4.31 Å². The molecular weight excluding hydrogens is 340 g/mol. The van der Waals surface area contributed by atoms with Crippen molar-refractivity contribution in [3.8, 4) is 0 Å². The third kappa shape index (κ3) is 2.09. The van der Waals surface area contributed by atoms with E-state index in [0.29, 0.717) is 12.2 Å². The van der Waals surface area contributed by atoms with Gasteiger partial charge < -0.3 is 0 Å². The van der Waals surface area contributed by atoms with Crippen molar-refractivity contribution in [2.45, 2.75) is 6.54 Å². The molecule has 20 heavy (non-hydrogen) atoms. The lowest BCUT2D eigenvalue weighted by Crippen LogP contribution is -2.35. The van der Waals surface area contributed by atoms with Crippen molar-refractivity contribution in [2.24, 2.45) is 0 Å². The lowest BCUT2D eigenvalue weighted by molar-refractivity contribution is 0.592. The summed E-state index contributed by atoms with van der Waals surface area (Å²) in [5.74, 6) is 0. The SMILES string of the molecule is CN1c2ccccc2N(Cc2ccc(Br)cc2)S1(=O)=O. The second-order valence-electron chi connectivity index (χ2n) is 4.60. The van der Waals surface area contributed by atoms with Gasteiger partial charge in [0.15, 0.2) is 0 Å². The number of hydrogen-bond acceptors (Lipinski definition) is 2. The first-order valence-electron chi connectivity index (χ1n) is 6.10. The molecule has 0 N–H and O–H groups in total. The van der Waals surface area contributed by atoms with Crippen LogP contribution in [0.2, 0.25) is 0 Å². The molecule has 0 bridgehead atoms. The summed E-state index contributed by atoms with van der Waals surface area (Å²) in [4.78, 5) is 0. The Morgan fingerprint density at radius 1 is 1.00 bits per heavy atom. The van der Waals surface area contributed by atoms with E-state index in [4.69, 9.17) is 0 Å². The molecule has 1 aliphatic heterocycles. The molecule has 2 aromatic rings. The van der Waals surface area contributed by atoms with Gasteiger partial charge in [0.05, 0.1) is 17.9 Å². The van der Waals surface area contributed by atoms with Crippen LogP contribution in [0.25, 0.3) is 0 Å². The zero-order valence-corrected chi connectivity index (χ0v) is 13.2. The van der Waals surface area contributed by atoms with Crippen molar-refractivity contribution in [2.75, 3.05) is 15.7 Å². The van der Waals surface area contributed by atoms with Gasteiger partial charge in [-0.25, -0.2) is 4.31 Å². The average molecular weight is 353 g/mol. The first kappa shape index (κ1) is 13.5. The number of benzene rings is 2. The van der Waals surface area contributed by atoms with Crippen molar-refractivity contribution in [3.05, 3.63) is 58.6 Å². The number of halogens is 1. The Bertz CT molecular complexity index is 744. The van der Waals surface area contributed by atoms with Gasteiger partial charge in [-0.15, -0.1) is 0 Å². The van der Waals surface area contributed by atoms with E-state index < -0.39 is 10.2 Å². The van der Waals surface area contributed by atoms with Gasteiger partial charge in [-0.05, 0) is 29.8 Å². The maximum absolute atomic E-state index is 12.5. The predicted octanol–water partition coefficient (Wildman–Crippen LogP) is 3.15. The highest BCUT2D eigenvalue weighted by Crippen LogP contribution is 2.40. The van der Waals surface area contributed by atoms with E-state index in [1.54, 1.807) is 7.05 Å². The van der Waals surface area contributed by atoms with Crippen molar-refractivity contribution in [3.63, 3.8) is 0 Å². The molecule has 0 radical (unpaired) electrons. The summed E-state index contributed by atoms with van der Waals surface area (Å²) in [5.41, 5.74) is 2.38. The highest BCUT2D eigenvalue weighted by molar-refractivity contribution is 9.10. The van der Waals surface area contributed by atoms with Crippen molar-refractivity contribution in [1.82, 2.24) is 0 Å². The summed E-state index contributed by atoms with van der Waals surface area (Å²) in [6.07, 6.45) is 0. The molecule has 0 unspecified atom stereocenters. The molecule has 104 valence electrons. The molecule has 0 atom stereocenters. The first-order valence-corrected chi connectivity index (χ1v) is 8.29. The number of anilines is 2. The van der Waals surface area contributed by atoms with E-state index in [0.717, 1.165) is 15.7 Å². The Kier molecular flexibility index (Phi) is 3.22. The molecule has 1 aliphatic rings. The topological polar surface area (TPSA) is 40.6 Å². The monoisotopic (exact) mass is 352 g/mol. The standard InChI is InChI=1S/C14H13BrN2O2S/c1-16-13-4-2-3-5-14(13)17(20(16,18)19)10-11-6-8-12(15)9-7-11/h2-9H,10H2,1H3. The van der Waals surface area contributed by atoms with Crippen LogP contribution in [-0.2, 0) is 16.8 Å². The summed E-state index contributed by atoms with van der Waals surface area (Å²) in [6.45, 7) is 0.330. The Balaban J connectivity index is 2.02. The Labute approximate surface area is 126 Å². The molecule has 3 rings (SSSR count). The maximum Gasteiger partial charge on any atom is 0.326 e. The highest BCUT2D eigenvalue weighted by Gasteiger charge is 2.37. The second-order valence-corrected chi connectivity index (χ2v) is 7.40. The molecule has 0 amide bonds. The van der Waals surface area contributed by atoms with Crippen LogP contribution >= 0.6 is 15.9 Å². The van der Waals surface area contributed by atoms with Gasteiger partial charge >= 0.3 is 10.2 Å².